The first kappa shape index (κ1) is 14.7. The predicted octanol–water partition coefficient (Wildman–Crippen LogP) is 3.94. The number of rotatable bonds is 4. The van der Waals surface area contributed by atoms with Gasteiger partial charge in [0.25, 0.3) is 5.91 Å². The Morgan fingerprint density at radius 1 is 1.29 bits per heavy atom. The number of carbonyl (C=O) groups is 1. The Morgan fingerprint density at radius 2 is 2.08 bits per heavy atom. The third kappa shape index (κ3) is 2.70. The third-order valence-electron chi connectivity index (χ3n) is 3.97. The van der Waals surface area contributed by atoms with Gasteiger partial charge in [0.15, 0.2) is 0 Å². The van der Waals surface area contributed by atoms with Gasteiger partial charge in [-0.2, -0.15) is 10.4 Å². The molecule has 0 aliphatic heterocycles. The third-order valence-corrected chi connectivity index (χ3v) is 4.80. The van der Waals surface area contributed by atoms with E-state index in [2.05, 4.69) is 16.5 Å². The number of thiophene rings is 1. The van der Waals surface area contributed by atoms with Gasteiger partial charge in [0.05, 0.1) is 16.9 Å². The number of hydrogen-bond acceptors (Lipinski definition) is 4. The number of hydrogen-bond donors (Lipinski definition) is 1. The quantitative estimate of drug-likeness (QED) is 0.785. The standard InChI is InChI=1S/C18H14N4OS/c19-11-13-8-9-24-18(13)20-17(23)16-10-15(12-6-7-12)21-22(16)14-4-2-1-3-5-14/h1-5,8-10,12H,6-7H2,(H,20,23). The molecule has 4 rings (SSSR count). The van der Waals surface area contributed by atoms with E-state index in [1.165, 1.54) is 11.3 Å². The molecule has 0 unspecified atom stereocenters. The first-order chi connectivity index (χ1) is 11.8. The fourth-order valence-corrected chi connectivity index (χ4v) is 3.30. The largest absolute Gasteiger partial charge is 0.311 e. The summed E-state index contributed by atoms with van der Waals surface area (Å²) in [7, 11) is 0. The maximum atomic E-state index is 12.8. The minimum Gasteiger partial charge on any atom is -0.311 e. The van der Waals surface area contributed by atoms with E-state index in [0.717, 1.165) is 24.2 Å². The van der Waals surface area contributed by atoms with Crippen molar-refractivity contribution in [2.75, 3.05) is 5.32 Å². The molecule has 118 valence electrons. The van der Waals surface area contributed by atoms with Crippen LogP contribution >= 0.6 is 11.3 Å². The summed E-state index contributed by atoms with van der Waals surface area (Å²) in [6.45, 7) is 0. The van der Waals surface area contributed by atoms with E-state index in [9.17, 15) is 4.79 Å². The van der Waals surface area contributed by atoms with Gasteiger partial charge >= 0.3 is 0 Å². The summed E-state index contributed by atoms with van der Waals surface area (Å²) < 4.78 is 1.68. The van der Waals surface area contributed by atoms with Crippen molar-refractivity contribution >= 4 is 22.2 Å². The van der Waals surface area contributed by atoms with Crippen LogP contribution in [0, 0.1) is 11.3 Å². The molecule has 3 aromatic rings. The molecule has 1 amide bonds. The van der Waals surface area contributed by atoms with Crippen LogP contribution in [0.25, 0.3) is 5.69 Å². The van der Waals surface area contributed by atoms with Gasteiger partial charge in [-0.25, -0.2) is 4.68 Å². The van der Waals surface area contributed by atoms with Crippen molar-refractivity contribution in [1.82, 2.24) is 9.78 Å². The lowest BCUT2D eigenvalue weighted by molar-refractivity contribution is 0.102. The van der Waals surface area contributed by atoms with E-state index >= 15 is 0 Å². The monoisotopic (exact) mass is 334 g/mol. The fourth-order valence-electron chi connectivity index (χ4n) is 2.57. The highest BCUT2D eigenvalue weighted by Crippen LogP contribution is 2.39. The maximum Gasteiger partial charge on any atom is 0.275 e. The summed E-state index contributed by atoms with van der Waals surface area (Å²) in [5, 5.41) is 18.9. The molecule has 1 fully saturated rings. The summed E-state index contributed by atoms with van der Waals surface area (Å²) in [4.78, 5) is 12.8. The van der Waals surface area contributed by atoms with Crippen LogP contribution in [0.3, 0.4) is 0 Å². The van der Waals surface area contributed by atoms with Crippen molar-refractivity contribution in [2.24, 2.45) is 0 Å². The Balaban J connectivity index is 1.71. The number of nitrogens with zero attached hydrogens (tertiary/aromatic N) is 3. The molecule has 1 aliphatic rings. The summed E-state index contributed by atoms with van der Waals surface area (Å²) in [6.07, 6.45) is 2.24. The Hall–Kier alpha value is -2.91. The van der Waals surface area contributed by atoms with Crippen molar-refractivity contribution in [3.8, 4) is 11.8 Å². The average molecular weight is 334 g/mol. The zero-order chi connectivity index (χ0) is 16.5. The van der Waals surface area contributed by atoms with E-state index in [1.807, 2.05) is 36.4 Å². The Bertz CT molecular complexity index is 932. The molecule has 1 N–H and O–H groups in total. The molecule has 5 nitrogen and oxygen atoms in total. The molecule has 0 atom stereocenters. The lowest BCUT2D eigenvalue weighted by Gasteiger charge is -2.07. The van der Waals surface area contributed by atoms with Crippen LogP contribution in [-0.4, -0.2) is 15.7 Å². The zero-order valence-electron chi connectivity index (χ0n) is 12.8. The molecule has 24 heavy (non-hydrogen) atoms. The Labute approximate surface area is 143 Å². The van der Waals surface area contributed by atoms with Crippen molar-refractivity contribution < 1.29 is 4.79 Å². The second-order valence-electron chi connectivity index (χ2n) is 5.71. The van der Waals surface area contributed by atoms with Gasteiger partial charge in [0.2, 0.25) is 0 Å². The first-order valence-electron chi connectivity index (χ1n) is 7.70. The lowest BCUT2D eigenvalue weighted by Crippen LogP contribution is -2.16. The second kappa shape index (κ2) is 5.95. The maximum absolute atomic E-state index is 12.8. The van der Waals surface area contributed by atoms with Gasteiger partial charge in [0, 0.05) is 5.92 Å². The number of nitrogens with one attached hydrogen (secondary N) is 1. The average Bonchev–Trinajstić information content (AvgIpc) is 3.20. The van der Waals surface area contributed by atoms with Crippen molar-refractivity contribution in [1.29, 1.82) is 5.26 Å². The lowest BCUT2D eigenvalue weighted by atomic mass is 10.2. The number of benzene rings is 1. The minimum absolute atomic E-state index is 0.253. The molecule has 2 aromatic heterocycles. The zero-order valence-corrected chi connectivity index (χ0v) is 13.6. The van der Waals surface area contributed by atoms with E-state index in [-0.39, 0.29) is 5.91 Å². The van der Waals surface area contributed by atoms with Crippen molar-refractivity contribution in [3.05, 3.63) is 64.8 Å². The van der Waals surface area contributed by atoms with Gasteiger partial charge in [0.1, 0.15) is 16.8 Å². The van der Waals surface area contributed by atoms with Crippen molar-refractivity contribution in [2.45, 2.75) is 18.8 Å². The molecule has 0 bridgehead atoms. The summed E-state index contributed by atoms with van der Waals surface area (Å²) in [6, 6.07) is 15.3. The van der Waals surface area contributed by atoms with Gasteiger partial charge in [-0.1, -0.05) is 18.2 Å². The van der Waals surface area contributed by atoms with Crippen LogP contribution in [0.15, 0.2) is 47.8 Å². The highest BCUT2D eigenvalue weighted by molar-refractivity contribution is 7.14. The Kier molecular flexibility index (Phi) is 3.63. The Morgan fingerprint density at radius 3 is 2.79 bits per heavy atom. The van der Waals surface area contributed by atoms with E-state index in [1.54, 1.807) is 16.1 Å². The number of anilines is 1. The molecule has 0 spiro atoms. The van der Waals surface area contributed by atoms with Crippen molar-refractivity contribution in [3.63, 3.8) is 0 Å². The first-order valence-corrected chi connectivity index (χ1v) is 8.58. The predicted molar refractivity (Wildman–Crippen MR) is 92.5 cm³/mol. The summed E-state index contributed by atoms with van der Waals surface area (Å²) in [5.41, 5.74) is 2.76. The van der Waals surface area contributed by atoms with E-state index in [4.69, 9.17) is 5.26 Å². The van der Waals surface area contributed by atoms with Crippen LogP contribution in [-0.2, 0) is 0 Å². The van der Waals surface area contributed by atoms with Gasteiger partial charge in [-0.05, 0) is 42.5 Å². The fraction of sp³-hybridized carbons (Fsp3) is 0.167. The minimum atomic E-state index is -0.253. The molecule has 1 aromatic carbocycles. The SMILES string of the molecule is N#Cc1ccsc1NC(=O)c1cc(C2CC2)nn1-c1ccccc1. The number of aromatic nitrogens is 2. The van der Waals surface area contributed by atoms with Gasteiger partial charge < -0.3 is 5.32 Å². The topological polar surface area (TPSA) is 70.7 Å². The molecule has 1 saturated carbocycles. The number of para-hydroxylation sites is 1. The molecular formula is C18H14N4OS. The molecule has 2 heterocycles. The van der Waals surface area contributed by atoms with E-state index in [0.29, 0.717) is 22.2 Å². The summed E-state index contributed by atoms with van der Waals surface area (Å²) >= 11 is 1.34. The molecule has 6 heteroatoms. The second-order valence-corrected chi connectivity index (χ2v) is 6.62. The molecule has 0 radical (unpaired) electrons. The molecule has 0 saturated heterocycles. The van der Waals surface area contributed by atoms with E-state index < -0.39 is 0 Å². The highest BCUT2D eigenvalue weighted by Gasteiger charge is 2.29. The van der Waals surface area contributed by atoms with Crippen LogP contribution in [0.5, 0.6) is 0 Å². The van der Waals surface area contributed by atoms with Gasteiger partial charge in [-0.15, -0.1) is 11.3 Å². The highest BCUT2D eigenvalue weighted by atomic mass is 32.1. The van der Waals surface area contributed by atoms with Crippen LogP contribution in [0.2, 0.25) is 0 Å². The van der Waals surface area contributed by atoms with Gasteiger partial charge in [-0.3, -0.25) is 4.79 Å². The molecular weight excluding hydrogens is 320 g/mol. The number of carbonyl (C=O) groups excluding carboxylic acids is 1. The molecule has 1 aliphatic carbocycles. The van der Waals surface area contributed by atoms with Crippen LogP contribution in [0.1, 0.15) is 40.5 Å². The normalized spacial score (nSPS) is 13.5. The smallest absolute Gasteiger partial charge is 0.275 e. The summed E-state index contributed by atoms with van der Waals surface area (Å²) in [5.74, 6) is 0.204. The van der Waals surface area contributed by atoms with Crippen LogP contribution < -0.4 is 5.32 Å². The number of nitriles is 1. The van der Waals surface area contributed by atoms with Crippen LogP contribution in [0.4, 0.5) is 5.00 Å². The number of amides is 1.